The van der Waals surface area contributed by atoms with Crippen molar-refractivity contribution in [1.29, 1.82) is 0 Å². The van der Waals surface area contributed by atoms with Crippen LogP contribution in [0.5, 0.6) is 0 Å². The number of rotatable bonds is 13. The molecule has 0 saturated heterocycles. The lowest BCUT2D eigenvalue weighted by molar-refractivity contribution is -0.140. The lowest BCUT2D eigenvalue weighted by Crippen LogP contribution is -2.53. The third-order valence-electron chi connectivity index (χ3n) is 6.75. The summed E-state index contributed by atoms with van der Waals surface area (Å²) in [6.07, 6.45) is 3.15. The highest BCUT2D eigenvalue weighted by Gasteiger charge is 2.33. The molecule has 8 heteroatoms. The third kappa shape index (κ3) is 8.95. The molecular formula is C32H41N3O4S. The number of carbonyl (C=O) groups excluding carboxylic acids is 2. The van der Waals surface area contributed by atoms with Gasteiger partial charge in [-0.3, -0.25) is 13.9 Å². The van der Waals surface area contributed by atoms with Gasteiger partial charge >= 0.3 is 0 Å². The monoisotopic (exact) mass is 563 g/mol. The number of nitrogens with one attached hydrogen (secondary N) is 1. The maximum Gasteiger partial charge on any atom is 0.244 e. The number of amides is 2. The molecule has 0 fully saturated rings. The van der Waals surface area contributed by atoms with Crippen molar-refractivity contribution in [1.82, 2.24) is 10.2 Å². The number of sulfonamides is 1. The molecule has 0 aliphatic carbocycles. The second-order valence-electron chi connectivity index (χ2n) is 10.5. The van der Waals surface area contributed by atoms with Gasteiger partial charge in [0.15, 0.2) is 0 Å². The van der Waals surface area contributed by atoms with E-state index in [4.69, 9.17) is 0 Å². The van der Waals surface area contributed by atoms with E-state index in [-0.39, 0.29) is 12.5 Å². The van der Waals surface area contributed by atoms with E-state index in [1.807, 2.05) is 88.4 Å². The van der Waals surface area contributed by atoms with Crippen molar-refractivity contribution in [3.8, 4) is 0 Å². The molecule has 3 rings (SSSR count). The normalized spacial score (nSPS) is 12.0. The van der Waals surface area contributed by atoms with E-state index < -0.39 is 28.5 Å². The Balaban J connectivity index is 2.04. The van der Waals surface area contributed by atoms with Gasteiger partial charge in [-0.1, -0.05) is 79.6 Å². The Kier molecular flexibility index (Phi) is 10.9. The van der Waals surface area contributed by atoms with Crippen molar-refractivity contribution in [3.05, 3.63) is 101 Å². The topological polar surface area (TPSA) is 86.8 Å². The molecule has 0 radical (unpaired) electrons. The number of unbranched alkanes of at least 4 members (excludes halogenated alkanes) is 1. The van der Waals surface area contributed by atoms with E-state index in [9.17, 15) is 18.0 Å². The van der Waals surface area contributed by atoms with Crippen molar-refractivity contribution in [2.75, 3.05) is 23.7 Å². The second kappa shape index (κ2) is 14.1. The first-order valence-corrected chi connectivity index (χ1v) is 15.6. The van der Waals surface area contributed by atoms with Crippen LogP contribution >= 0.6 is 0 Å². The summed E-state index contributed by atoms with van der Waals surface area (Å²) in [7, 11) is -3.80. The lowest BCUT2D eigenvalue weighted by atomic mass is 10.0. The number of anilines is 1. The number of hydrogen-bond donors (Lipinski definition) is 1. The molecule has 3 aromatic rings. The zero-order valence-electron chi connectivity index (χ0n) is 24.2. The number of hydrogen-bond acceptors (Lipinski definition) is 4. The summed E-state index contributed by atoms with van der Waals surface area (Å²) in [6.45, 7) is 8.07. The van der Waals surface area contributed by atoms with Gasteiger partial charge in [0.2, 0.25) is 21.8 Å². The summed E-state index contributed by atoms with van der Waals surface area (Å²) < 4.78 is 27.0. The maximum atomic E-state index is 14.1. The number of nitrogens with zero attached hydrogens (tertiary/aromatic N) is 2. The van der Waals surface area contributed by atoms with Crippen LogP contribution in [0.3, 0.4) is 0 Å². The van der Waals surface area contributed by atoms with E-state index in [0.717, 1.165) is 51.2 Å². The minimum absolute atomic E-state index is 0.169. The predicted octanol–water partition coefficient (Wildman–Crippen LogP) is 4.93. The summed E-state index contributed by atoms with van der Waals surface area (Å²) in [4.78, 5) is 29.3. The molecule has 0 heterocycles. The molecule has 1 N–H and O–H groups in total. The SMILES string of the molecule is CCCCNC(=O)[C@H](Cc1ccccc1)N(Cc1ccc(C)cc1)C(=O)CN(c1cc(C)cc(C)c1)S(C)(=O)=O. The predicted molar refractivity (Wildman–Crippen MR) is 162 cm³/mol. The van der Waals surface area contributed by atoms with Crippen LogP contribution < -0.4 is 9.62 Å². The fraction of sp³-hybridized carbons (Fsp3) is 0.375. The van der Waals surface area contributed by atoms with Crippen molar-refractivity contribution in [3.63, 3.8) is 0 Å². The summed E-state index contributed by atoms with van der Waals surface area (Å²) in [5.41, 5.74) is 5.06. The third-order valence-corrected chi connectivity index (χ3v) is 7.89. The van der Waals surface area contributed by atoms with Crippen molar-refractivity contribution >= 4 is 27.5 Å². The summed E-state index contributed by atoms with van der Waals surface area (Å²) in [5, 5.41) is 3.00. The Hall–Kier alpha value is -3.65. The fourth-order valence-corrected chi connectivity index (χ4v) is 5.49. The first-order valence-electron chi connectivity index (χ1n) is 13.7. The number of benzene rings is 3. The first-order chi connectivity index (χ1) is 19.0. The van der Waals surface area contributed by atoms with E-state index in [0.29, 0.717) is 18.7 Å². The van der Waals surface area contributed by atoms with Gasteiger partial charge in [-0.15, -0.1) is 0 Å². The van der Waals surface area contributed by atoms with Gasteiger partial charge in [0, 0.05) is 19.5 Å². The molecule has 40 heavy (non-hydrogen) atoms. The van der Waals surface area contributed by atoms with Crippen molar-refractivity contribution in [2.24, 2.45) is 0 Å². The Morgan fingerprint density at radius 1 is 0.850 bits per heavy atom. The second-order valence-corrected chi connectivity index (χ2v) is 12.4. The van der Waals surface area contributed by atoms with Gasteiger partial charge < -0.3 is 10.2 Å². The van der Waals surface area contributed by atoms with Gasteiger partial charge in [0.25, 0.3) is 0 Å². The van der Waals surface area contributed by atoms with E-state index in [2.05, 4.69) is 5.32 Å². The quantitative estimate of drug-likeness (QED) is 0.299. The summed E-state index contributed by atoms with van der Waals surface area (Å²) >= 11 is 0. The van der Waals surface area contributed by atoms with Gasteiger partial charge in [0.05, 0.1) is 11.9 Å². The Bertz CT molecular complexity index is 1370. The number of carbonyl (C=O) groups is 2. The Morgan fingerprint density at radius 3 is 2.05 bits per heavy atom. The zero-order chi connectivity index (χ0) is 29.3. The Labute approximate surface area is 239 Å². The van der Waals surface area contributed by atoms with Crippen molar-refractivity contribution < 1.29 is 18.0 Å². The highest BCUT2D eigenvalue weighted by atomic mass is 32.2. The maximum absolute atomic E-state index is 14.1. The standard InChI is InChI=1S/C32H41N3O4S/c1-6-7-17-33-32(37)30(21-27-11-9-8-10-12-27)34(22-28-15-13-24(2)14-16-28)31(36)23-35(40(5,38)39)29-19-25(3)18-26(4)20-29/h8-16,18-20,30H,6-7,17,21-23H2,1-5H3,(H,33,37)/t30-/m0/s1. The van der Waals surface area contributed by atoms with Crippen LogP contribution in [0.2, 0.25) is 0 Å². The molecule has 1 atom stereocenters. The van der Waals surface area contributed by atoms with Crippen LogP contribution in [0, 0.1) is 20.8 Å². The molecule has 2 amide bonds. The van der Waals surface area contributed by atoms with Crippen LogP contribution in [0.4, 0.5) is 5.69 Å². The van der Waals surface area contributed by atoms with Gasteiger partial charge in [-0.2, -0.15) is 0 Å². The van der Waals surface area contributed by atoms with E-state index in [1.165, 1.54) is 4.90 Å². The van der Waals surface area contributed by atoms with Gasteiger partial charge in [-0.25, -0.2) is 8.42 Å². The highest BCUT2D eigenvalue weighted by molar-refractivity contribution is 7.92. The number of aryl methyl sites for hydroxylation is 3. The molecule has 0 spiro atoms. The average molecular weight is 564 g/mol. The minimum Gasteiger partial charge on any atom is -0.354 e. The van der Waals surface area contributed by atoms with Gasteiger partial charge in [-0.05, 0) is 61.6 Å². The highest BCUT2D eigenvalue weighted by Crippen LogP contribution is 2.23. The van der Waals surface area contributed by atoms with Crippen LogP contribution in [0.15, 0.2) is 72.8 Å². The molecule has 7 nitrogen and oxygen atoms in total. The molecule has 0 bridgehead atoms. The van der Waals surface area contributed by atoms with Crippen LogP contribution in [0.1, 0.15) is 47.6 Å². The van der Waals surface area contributed by atoms with E-state index in [1.54, 1.807) is 12.1 Å². The molecule has 0 saturated carbocycles. The molecule has 214 valence electrons. The summed E-state index contributed by atoms with van der Waals surface area (Å²) in [6, 6.07) is 22.0. The minimum atomic E-state index is -3.80. The smallest absolute Gasteiger partial charge is 0.244 e. The fourth-order valence-electron chi connectivity index (χ4n) is 4.66. The Morgan fingerprint density at radius 2 is 1.48 bits per heavy atom. The largest absolute Gasteiger partial charge is 0.354 e. The first kappa shape index (κ1) is 30.9. The average Bonchev–Trinajstić information content (AvgIpc) is 2.89. The molecular weight excluding hydrogens is 522 g/mol. The summed E-state index contributed by atoms with van der Waals surface area (Å²) in [5.74, 6) is -0.702. The van der Waals surface area contributed by atoms with Crippen LogP contribution in [-0.4, -0.2) is 50.5 Å². The zero-order valence-corrected chi connectivity index (χ0v) is 25.0. The van der Waals surface area contributed by atoms with Gasteiger partial charge in [0.1, 0.15) is 12.6 Å². The molecule has 0 aromatic heterocycles. The lowest BCUT2D eigenvalue weighted by Gasteiger charge is -2.33. The van der Waals surface area contributed by atoms with Crippen LogP contribution in [-0.2, 0) is 32.6 Å². The van der Waals surface area contributed by atoms with Crippen molar-refractivity contribution in [2.45, 2.75) is 59.5 Å². The molecule has 3 aromatic carbocycles. The molecule has 0 aliphatic heterocycles. The van der Waals surface area contributed by atoms with Crippen LogP contribution in [0.25, 0.3) is 0 Å². The van der Waals surface area contributed by atoms with E-state index >= 15 is 0 Å². The molecule has 0 aliphatic rings. The molecule has 0 unspecified atom stereocenters.